The number of rotatable bonds is 10. The van der Waals surface area contributed by atoms with Gasteiger partial charge >= 0.3 is 0 Å². The Morgan fingerprint density at radius 3 is 2.19 bits per heavy atom. The molecule has 0 spiro atoms. The van der Waals surface area contributed by atoms with Gasteiger partial charge in [-0.15, -0.1) is 0 Å². The van der Waals surface area contributed by atoms with Crippen LogP contribution in [0.15, 0.2) is 18.2 Å². The fraction of sp³-hybridized carbons (Fsp3) is 0.467. The van der Waals surface area contributed by atoms with Gasteiger partial charge in [-0.3, -0.25) is 29.8 Å². The molecule has 10 nitrogen and oxygen atoms in total. The molecule has 0 aliphatic heterocycles. The highest BCUT2D eigenvalue weighted by Crippen LogP contribution is 2.22. The molecule has 1 aromatic carbocycles. The Balaban J connectivity index is 3.05. The van der Waals surface area contributed by atoms with Crippen LogP contribution in [0.5, 0.6) is 0 Å². The third-order valence-electron chi connectivity index (χ3n) is 3.37. The number of carbonyl (C=O) groups excluding carboxylic acids is 2. The van der Waals surface area contributed by atoms with E-state index in [0.29, 0.717) is 18.7 Å². The lowest BCUT2D eigenvalue weighted by molar-refractivity contribution is -0.394. The number of nitrogens with zero attached hydrogens (tertiary/aromatic N) is 2. The lowest BCUT2D eigenvalue weighted by Gasteiger charge is -2.18. The zero-order valence-electron chi connectivity index (χ0n) is 14.4. The molecule has 0 aromatic heterocycles. The molecule has 0 unspecified atom stereocenters. The maximum absolute atomic E-state index is 12.4. The molecule has 142 valence electrons. The summed E-state index contributed by atoms with van der Waals surface area (Å²) in [6.07, 6.45) is 2.94. The van der Waals surface area contributed by atoms with Gasteiger partial charge in [-0.05, 0) is 24.9 Å². The van der Waals surface area contributed by atoms with Crippen LogP contribution in [0.1, 0.15) is 30.1 Å². The van der Waals surface area contributed by atoms with E-state index in [0.717, 1.165) is 24.6 Å². The lowest BCUT2D eigenvalue weighted by Crippen LogP contribution is -2.47. The normalized spacial score (nSPS) is 11.5. The van der Waals surface area contributed by atoms with E-state index in [1.807, 2.05) is 13.2 Å². The molecule has 0 fully saturated rings. The molecule has 11 heteroatoms. The molecule has 0 heterocycles. The first-order valence-electron chi connectivity index (χ1n) is 7.81. The van der Waals surface area contributed by atoms with Crippen molar-refractivity contribution in [1.29, 1.82) is 0 Å². The van der Waals surface area contributed by atoms with Crippen LogP contribution in [0.2, 0.25) is 0 Å². The van der Waals surface area contributed by atoms with Gasteiger partial charge in [0, 0.05) is 18.7 Å². The molecule has 1 rings (SSSR count). The summed E-state index contributed by atoms with van der Waals surface area (Å²) in [5.74, 6) is -0.539. The van der Waals surface area contributed by atoms with Gasteiger partial charge in [-0.2, -0.15) is 11.8 Å². The first-order valence-corrected chi connectivity index (χ1v) is 9.20. The van der Waals surface area contributed by atoms with Crippen molar-refractivity contribution in [1.82, 2.24) is 10.6 Å². The summed E-state index contributed by atoms with van der Waals surface area (Å²) >= 11 is 1.50. The van der Waals surface area contributed by atoms with Crippen molar-refractivity contribution in [2.24, 2.45) is 0 Å². The van der Waals surface area contributed by atoms with E-state index >= 15 is 0 Å². The predicted molar refractivity (Wildman–Crippen MR) is 97.3 cm³/mol. The van der Waals surface area contributed by atoms with Crippen LogP contribution in [0.4, 0.5) is 11.4 Å². The summed E-state index contributed by atoms with van der Waals surface area (Å²) in [5, 5.41) is 27.0. The van der Waals surface area contributed by atoms with Crippen LogP contribution in [-0.2, 0) is 4.79 Å². The minimum atomic E-state index is -0.834. The van der Waals surface area contributed by atoms with Gasteiger partial charge in [0.05, 0.1) is 21.5 Å². The second kappa shape index (κ2) is 10.3. The van der Waals surface area contributed by atoms with Gasteiger partial charge in [0.25, 0.3) is 17.3 Å². The highest BCUT2D eigenvalue weighted by atomic mass is 32.2. The number of amides is 2. The van der Waals surface area contributed by atoms with E-state index in [1.165, 1.54) is 11.8 Å². The Hall–Kier alpha value is -2.69. The molecule has 0 radical (unpaired) electrons. The fourth-order valence-corrected chi connectivity index (χ4v) is 2.53. The van der Waals surface area contributed by atoms with Crippen LogP contribution >= 0.6 is 11.8 Å². The SMILES string of the molecule is CCCNC(=O)[C@@H](CCSC)NC(=O)c1cc([N+](=O)[O-])cc([N+](=O)[O-])c1. The van der Waals surface area contributed by atoms with Gasteiger partial charge in [0.1, 0.15) is 6.04 Å². The molecule has 0 bridgehead atoms. The molecule has 2 N–H and O–H groups in total. The molecule has 0 aliphatic carbocycles. The van der Waals surface area contributed by atoms with E-state index in [1.54, 1.807) is 0 Å². The van der Waals surface area contributed by atoms with Gasteiger partial charge in [-0.25, -0.2) is 0 Å². The Bertz CT molecular complexity index is 664. The number of carbonyl (C=O) groups is 2. The molecule has 1 atom stereocenters. The highest BCUT2D eigenvalue weighted by molar-refractivity contribution is 7.98. The molecular weight excluding hydrogens is 364 g/mol. The zero-order valence-corrected chi connectivity index (χ0v) is 15.2. The van der Waals surface area contributed by atoms with Crippen molar-refractivity contribution in [2.75, 3.05) is 18.6 Å². The summed E-state index contributed by atoms with van der Waals surface area (Å²) in [4.78, 5) is 44.8. The average Bonchev–Trinajstić information content (AvgIpc) is 2.62. The Morgan fingerprint density at radius 2 is 1.73 bits per heavy atom. The Kier molecular flexibility index (Phi) is 8.49. The van der Waals surface area contributed by atoms with Crippen LogP contribution in [-0.4, -0.2) is 46.3 Å². The Morgan fingerprint density at radius 1 is 1.15 bits per heavy atom. The molecule has 1 aromatic rings. The van der Waals surface area contributed by atoms with E-state index in [9.17, 15) is 29.8 Å². The highest BCUT2D eigenvalue weighted by Gasteiger charge is 2.24. The van der Waals surface area contributed by atoms with Gasteiger partial charge < -0.3 is 10.6 Å². The van der Waals surface area contributed by atoms with Crippen LogP contribution < -0.4 is 10.6 Å². The number of nitro groups is 2. The second-order valence-corrected chi connectivity index (χ2v) is 6.34. The molecule has 0 saturated carbocycles. The van der Waals surface area contributed by atoms with E-state index < -0.39 is 33.2 Å². The van der Waals surface area contributed by atoms with Gasteiger partial charge in [0.2, 0.25) is 5.91 Å². The summed E-state index contributed by atoms with van der Waals surface area (Å²) in [6, 6.07) is 1.82. The molecule has 26 heavy (non-hydrogen) atoms. The Labute approximate surface area is 154 Å². The third kappa shape index (κ3) is 6.31. The molecule has 0 saturated heterocycles. The number of nitrogens with one attached hydrogen (secondary N) is 2. The largest absolute Gasteiger partial charge is 0.354 e. The molecular formula is C15H20N4O6S. The standard InChI is InChI=1S/C15H20N4O6S/c1-3-5-16-15(21)13(4-6-26-2)17-14(20)10-7-11(18(22)23)9-12(8-10)19(24)25/h7-9,13H,3-6H2,1-2H3,(H,16,21)(H,17,20)/t13-/m1/s1. The minimum Gasteiger partial charge on any atom is -0.354 e. The quantitative estimate of drug-likeness (QED) is 0.463. The van der Waals surface area contributed by atoms with Crippen molar-refractivity contribution in [3.63, 3.8) is 0 Å². The summed E-state index contributed by atoms with van der Waals surface area (Å²) in [7, 11) is 0. The number of hydrogen-bond donors (Lipinski definition) is 2. The summed E-state index contributed by atoms with van der Waals surface area (Å²) in [6.45, 7) is 2.34. The first-order chi connectivity index (χ1) is 12.3. The molecule has 0 aliphatic rings. The maximum atomic E-state index is 12.4. The van der Waals surface area contributed by atoms with Crippen molar-refractivity contribution in [3.05, 3.63) is 44.0 Å². The number of nitro benzene ring substituents is 2. The smallest absolute Gasteiger partial charge is 0.277 e. The number of hydrogen-bond acceptors (Lipinski definition) is 7. The van der Waals surface area contributed by atoms with Crippen LogP contribution in [0.25, 0.3) is 0 Å². The number of non-ortho nitro benzene ring substituents is 2. The van der Waals surface area contributed by atoms with Crippen molar-refractivity contribution in [2.45, 2.75) is 25.8 Å². The summed E-state index contributed by atoms with van der Waals surface area (Å²) in [5.41, 5.74) is -1.38. The topological polar surface area (TPSA) is 144 Å². The fourth-order valence-electron chi connectivity index (χ4n) is 2.05. The van der Waals surface area contributed by atoms with Crippen LogP contribution in [0.3, 0.4) is 0 Å². The van der Waals surface area contributed by atoms with Crippen LogP contribution in [0, 0.1) is 20.2 Å². The van der Waals surface area contributed by atoms with Gasteiger partial charge in [-0.1, -0.05) is 6.92 Å². The van der Waals surface area contributed by atoms with Crippen molar-refractivity contribution >= 4 is 35.0 Å². The van der Waals surface area contributed by atoms with E-state index in [-0.39, 0.29) is 11.5 Å². The maximum Gasteiger partial charge on any atom is 0.277 e. The number of thioether (sulfide) groups is 1. The monoisotopic (exact) mass is 384 g/mol. The molecule has 2 amide bonds. The summed E-state index contributed by atoms with van der Waals surface area (Å²) < 4.78 is 0. The third-order valence-corrected chi connectivity index (χ3v) is 4.01. The minimum absolute atomic E-state index is 0.247. The zero-order chi connectivity index (χ0) is 19.7. The second-order valence-electron chi connectivity index (χ2n) is 5.35. The number of benzene rings is 1. The van der Waals surface area contributed by atoms with E-state index in [2.05, 4.69) is 10.6 Å². The van der Waals surface area contributed by atoms with Crippen molar-refractivity contribution < 1.29 is 19.4 Å². The van der Waals surface area contributed by atoms with Crippen molar-refractivity contribution in [3.8, 4) is 0 Å². The van der Waals surface area contributed by atoms with Gasteiger partial charge in [0.15, 0.2) is 0 Å². The predicted octanol–water partition coefficient (Wildman–Crippen LogP) is 1.88. The lowest BCUT2D eigenvalue weighted by atomic mass is 10.1. The van der Waals surface area contributed by atoms with E-state index in [4.69, 9.17) is 0 Å². The average molecular weight is 384 g/mol. The first kappa shape index (κ1) is 21.4.